The summed E-state index contributed by atoms with van der Waals surface area (Å²) in [5.74, 6) is 0.354. The van der Waals surface area contributed by atoms with Crippen LogP contribution in [0, 0.1) is 5.41 Å². The maximum atomic E-state index is 13.2. The first-order valence-corrected chi connectivity index (χ1v) is 8.15. The number of methoxy groups -OCH3 is 1. The molecule has 0 atom stereocenters. The average molecular weight is 284 g/mol. The van der Waals surface area contributed by atoms with Crippen LogP contribution in [0.5, 0.6) is 0 Å². The van der Waals surface area contributed by atoms with Crippen molar-refractivity contribution in [1.29, 1.82) is 0 Å². The van der Waals surface area contributed by atoms with E-state index in [1.54, 1.807) is 7.11 Å². The summed E-state index contributed by atoms with van der Waals surface area (Å²) in [6.07, 6.45) is 4.91. The van der Waals surface area contributed by atoms with Gasteiger partial charge >= 0.3 is 0 Å². The molecule has 1 saturated heterocycles. The third-order valence-electron chi connectivity index (χ3n) is 4.87. The summed E-state index contributed by atoms with van der Waals surface area (Å²) in [6, 6.07) is 0.343. The van der Waals surface area contributed by atoms with Gasteiger partial charge in [0.15, 0.2) is 0 Å². The molecule has 1 rings (SSSR count). The van der Waals surface area contributed by atoms with Crippen LogP contribution in [0.4, 0.5) is 0 Å². The van der Waals surface area contributed by atoms with Gasteiger partial charge in [0.05, 0.1) is 12.0 Å². The van der Waals surface area contributed by atoms with Crippen molar-refractivity contribution < 1.29 is 9.53 Å². The fourth-order valence-electron chi connectivity index (χ4n) is 3.30. The lowest BCUT2D eigenvalue weighted by Gasteiger charge is -2.42. The van der Waals surface area contributed by atoms with E-state index in [-0.39, 0.29) is 5.41 Å². The van der Waals surface area contributed by atoms with Crippen molar-refractivity contribution in [2.45, 2.75) is 58.9 Å². The summed E-state index contributed by atoms with van der Waals surface area (Å²) in [5, 5.41) is 3.37. The number of rotatable bonds is 8. The Morgan fingerprint density at radius 2 is 1.85 bits per heavy atom. The summed E-state index contributed by atoms with van der Waals surface area (Å²) in [6.45, 7) is 9.76. The van der Waals surface area contributed by atoms with Crippen LogP contribution in [0.1, 0.15) is 52.9 Å². The molecule has 4 heteroatoms. The molecule has 1 heterocycles. The van der Waals surface area contributed by atoms with Gasteiger partial charge in [0.2, 0.25) is 5.91 Å². The largest absolute Gasteiger partial charge is 0.383 e. The molecule has 0 bridgehead atoms. The highest BCUT2D eigenvalue weighted by molar-refractivity contribution is 5.83. The Balaban J connectivity index is 2.88. The Labute approximate surface area is 124 Å². The molecule has 0 aromatic rings. The molecule has 0 unspecified atom stereocenters. The topological polar surface area (TPSA) is 41.6 Å². The summed E-state index contributed by atoms with van der Waals surface area (Å²) in [4.78, 5) is 15.3. The van der Waals surface area contributed by atoms with Crippen molar-refractivity contribution in [2.24, 2.45) is 5.41 Å². The minimum absolute atomic E-state index is 0.151. The van der Waals surface area contributed by atoms with Gasteiger partial charge in [-0.05, 0) is 45.2 Å². The zero-order valence-corrected chi connectivity index (χ0v) is 13.7. The van der Waals surface area contributed by atoms with Crippen LogP contribution in [0.25, 0.3) is 0 Å². The first-order chi connectivity index (χ1) is 9.65. The van der Waals surface area contributed by atoms with Gasteiger partial charge in [0.25, 0.3) is 0 Å². The quantitative estimate of drug-likeness (QED) is 0.744. The summed E-state index contributed by atoms with van der Waals surface area (Å²) in [7, 11) is 1.70. The van der Waals surface area contributed by atoms with Gasteiger partial charge in [-0.2, -0.15) is 0 Å². The van der Waals surface area contributed by atoms with Crippen molar-refractivity contribution in [3.63, 3.8) is 0 Å². The van der Waals surface area contributed by atoms with Crippen molar-refractivity contribution in [2.75, 3.05) is 33.4 Å². The van der Waals surface area contributed by atoms with Crippen LogP contribution in [-0.4, -0.2) is 50.2 Å². The second-order valence-corrected chi connectivity index (χ2v) is 5.85. The molecule has 0 aromatic heterocycles. The van der Waals surface area contributed by atoms with Crippen molar-refractivity contribution >= 4 is 5.91 Å². The highest BCUT2D eigenvalue weighted by Crippen LogP contribution is 2.35. The van der Waals surface area contributed by atoms with Gasteiger partial charge in [-0.1, -0.05) is 20.8 Å². The Kier molecular flexibility index (Phi) is 7.52. The van der Waals surface area contributed by atoms with E-state index in [0.29, 0.717) is 18.6 Å². The predicted octanol–water partition coefficient (Wildman–Crippen LogP) is 2.43. The number of piperidine rings is 1. The van der Waals surface area contributed by atoms with Crippen LogP contribution in [0.15, 0.2) is 0 Å². The van der Waals surface area contributed by atoms with Gasteiger partial charge in [0, 0.05) is 19.7 Å². The molecule has 0 radical (unpaired) electrons. The Morgan fingerprint density at radius 1 is 1.25 bits per heavy atom. The molecule has 4 nitrogen and oxygen atoms in total. The van der Waals surface area contributed by atoms with E-state index in [9.17, 15) is 4.79 Å². The third kappa shape index (κ3) is 3.95. The molecule has 1 fully saturated rings. The molecule has 1 aliphatic heterocycles. The third-order valence-corrected chi connectivity index (χ3v) is 4.87. The Hall–Kier alpha value is -0.610. The normalized spacial score (nSPS) is 18.2. The fraction of sp³-hybridized carbons (Fsp3) is 0.938. The van der Waals surface area contributed by atoms with E-state index in [4.69, 9.17) is 4.74 Å². The van der Waals surface area contributed by atoms with E-state index in [0.717, 1.165) is 51.7 Å². The monoisotopic (exact) mass is 284 g/mol. The lowest BCUT2D eigenvalue weighted by Crippen LogP contribution is -2.52. The molecule has 20 heavy (non-hydrogen) atoms. The van der Waals surface area contributed by atoms with Crippen LogP contribution in [0.2, 0.25) is 0 Å². The van der Waals surface area contributed by atoms with E-state index in [1.165, 1.54) is 0 Å². The average Bonchev–Trinajstić information content (AvgIpc) is 2.51. The lowest BCUT2D eigenvalue weighted by atomic mass is 9.75. The van der Waals surface area contributed by atoms with Crippen molar-refractivity contribution in [3.05, 3.63) is 0 Å². The number of nitrogens with zero attached hydrogens (tertiary/aromatic N) is 1. The highest BCUT2D eigenvalue weighted by Gasteiger charge is 2.41. The summed E-state index contributed by atoms with van der Waals surface area (Å²) in [5.41, 5.74) is -0.151. The molecular weight excluding hydrogens is 252 g/mol. The molecule has 1 aliphatic rings. The molecule has 1 amide bonds. The van der Waals surface area contributed by atoms with Crippen molar-refractivity contribution in [1.82, 2.24) is 10.2 Å². The van der Waals surface area contributed by atoms with Gasteiger partial charge in [0.1, 0.15) is 0 Å². The smallest absolute Gasteiger partial charge is 0.229 e. The minimum Gasteiger partial charge on any atom is -0.383 e. The summed E-state index contributed by atoms with van der Waals surface area (Å²) < 4.78 is 5.21. The van der Waals surface area contributed by atoms with Crippen molar-refractivity contribution in [3.8, 4) is 0 Å². The maximum absolute atomic E-state index is 13.2. The number of nitrogens with one attached hydrogen (secondary N) is 1. The molecule has 0 spiro atoms. The van der Waals surface area contributed by atoms with Crippen LogP contribution < -0.4 is 5.32 Å². The molecule has 0 aromatic carbocycles. The highest BCUT2D eigenvalue weighted by atomic mass is 16.5. The molecule has 0 aliphatic carbocycles. The Bertz CT molecular complexity index is 284. The van der Waals surface area contributed by atoms with Gasteiger partial charge in [-0.3, -0.25) is 4.79 Å². The minimum atomic E-state index is -0.151. The van der Waals surface area contributed by atoms with Crippen LogP contribution in [-0.2, 0) is 9.53 Å². The number of carbonyl (C=O) groups excluding carboxylic acids is 1. The fourth-order valence-corrected chi connectivity index (χ4v) is 3.30. The maximum Gasteiger partial charge on any atom is 0.229 e. The second kappa shape index (κ2) is 8.63. The Morgan fingerprint density at radius 3 is 2.30 bits per heavy atom. The first kappa shape index (κ1) is 17.4. The molecule has 1 N–H and O–H groups in total. The number of ether oxygens (including phenoxy) is 1. The molecular formula is C16H32N2O2. The zero-order valence-electron chi connectivity index (χ0n) is 13.7. The predicted molar refractivity (Wildman–Crippen MR) is 82.8 cm³/mol. The van der Waals surface area contributed by atoms with Crippen LogP contribution >= 0.6 is 0 Å². The molecule has 0 saturated carbocycles. The first-order valence-electron chi connectivity index (χ1n) is 8.15. The summed E-state index contributed by atoms with van der Waals surface area (Å²) >= 11 is 0. The van der Waals surface area contributed by atoms with E-state index in [1.807, 2.05) is 0 Å². The van der Waals surface area contributed by atoms with Gasteiger partial charge in [-0.25, -0.2) is 0 Å². The van der Waals surface area contributed by atoms with E-state index >= 15 is 0 Å². The van der Waals surface area contributed by atoms with Gasteiger partial charge in [-0.15, -0.1) is 0 Å². The standard InChI is InChI=1S/C16H32N2O2/c1-5-14(6-2)18(12-13-20-4)15(19)16(7-3)8-10-17-11-9-16/h14,17H,5-13H2,1-4H3. The van der Waals surface area contributed by atoms with Crippen LogP contribution in [0.3, 0.4) is 0 Å². The van der Waals surface area contributed by atoms with Gasteiger partial charge < -0.3 is 15.0 Å². The number of amides is 1. The SMILES string of the molecule is CCC(CC)N(CCOC)C(=O)C1(CC)CCNCC1. The second-order valence-electron chi connectivity index (χ2n) is 5.85. The number of hydrogen-bond acceptors (Lipinski definition) is 3. The van der Waals surface area contributed by atoms with E-state index in [2.05, 4.69) is 31.0 Å². The zero-order chi connectivity index (χ0) is 15.0. The number of hydrogen-bond donors (Lipinski definition) is 1. The number of carbonyl (C=O) groups is 1. The van der Waals surface area contributed by atoms with E-state index < -0.39 is 0 Å². The molecule has 118 valence electrons. The lowest BCUT2D eigenvalue weighted by molar-refractivity contribution is -0.147.